The average molecular weight is 724 g/mol. The van der Waals surface area contributed by atoms with E-state index in [1.807, 2.05) is 4.90 Å². The SMILES string of the molecule is C=C1CN2CCC[C@@]2(COc2nc3c(c(N4CCCn5nc(C(=O)N(C)C)c(N)c5C4)n2)CO[C@H](c2c(F)c(N)cc(C#CC)c2C(F)(F)F)C3)C1. The van der Waals surface area contributed by atoms with Gasteiger partial charge in [-0.1, -0.05) is 18.1 Å². The number of carbonyl (C=O) groups is 1. The Morgan fingerprint density at radius 1 is 1.19 bits per heavy atom. The predicted octanol–water partition coefficient (Wildman–Crippen LogP) is 4.47. The summed E-state index contributed by atoms with van der Waals surface area (Å²) in [5.41, 5.74) is 12.4. The highest BCUT2D eigenvalue weighted by Gasteiger charge is 2.47. The normalized spacial score (nSPS) is 21.6. The largest absolute Gasteiger partial charge is 0.461 e. The molecule has 2 fully saturated rings. The molecule has 16 heteroatoms. The zero-order valence-corrected chi connectivity index (χ0v) is 29.4. The standard InChI is InChI=1S/C36H41F4N9O3/c1-5-8-21-13-23(41)29(37)27(28(21)36(38,39)40)26-14-24-22(18-51-26)32(44-34(43-24)52-19-35-9-6-11-48(35)16-20(2)15-35)47-10-7-12-49-25(17-47)30(42)31(45-49)33(50)46(3)4/h13,26H,2,6-7,9-12,14-19,41-42H2,1,3-4H3/t26-,35-/m0/s1. The van der Waals surface area contributed by atoms with Gasteiger partial charge in [0.25, 0.3) is 5.91 Å². The number of halogens is 4. The number of nitrogens with zero attached hydrogens (tertiary/aromatic N) is 7. The minimum absolute atomic E-state index is 0.0453. The summed E-state index contributed by atoms with van der Waals surface area (Å²) >= 11 is 0. The van der Waals surface area contributed by atoms with Crippen LogP contribution in [0.5, 0.6) is 6.01 Å². The van der Waals surface area contributed by atoms with Crippen molar-refractivity contribution in [2.45, 2.75) is 76.5 Å². The highest BCUT2D eigenvalue weighted by Crippen LogP contribution is 2.45. The molecule has 0 radical (unpaired) electrons. The predicted molar refractivity (Wildman–Crippen MR) is 185 cm³/mol. The fourth-order valence-corrected chi connectivity index (χ4v) is 8.01. The summed E-state index contributed by atoms with van der Waals surface area (Å²) in [6, 6.07) is 0.946. The van der Waals surface area contributed by atoms with E-state index >= 15 is 4.39 Å². The molecule has 1 amide bonds. The fourth-order valence-electron chi connectivity index (χ4n) is 8.01. The topological polar surface area (TPSA) is 141 Å². The number of hydrogen-bond donors (Lipinski definition) is 2. The molecule has 0 unspecified atom stereocenters. The quantitative estimate of drug-likeness (QED) is 0.162. The Labute approximate surface area is 298 Å². The first-order valence-corrected chi connectivity index (χ1v) is 17.2. The third-order valence-electron chi connectivity index (χ3n) is 10.4. The minimum atomic E-state index is -4.95. The number of benzene rings is 1. The van der Waals surface area contributed by atoms with Crippen LogP contribution in [0.1, 0.15) is 82.8 Å². The van der Waals surface area contributed by atoms with E-state index in [4.69, 9.17) is 30.9 Å². The van der Waals surface area contributed by atoms with E-state index in [0.29, 0.717) is 48.9 Å². The molecule has 276 valence electrons. The summed E-state index contributed by atoms with van der Waals surface area (Å²) < 4.78 is 73.7. The number of aryl methyl sites for hydroxylation is 1. The van der Waals surface area contributed by atoms with Crippen LogP contribution in [0.2, 0.25) is 0 Å². The van der Waals surface area contributed by atoms with E-state index in [2.05, 4.69) is 28.4 Å². The Bertz CT molecular complexity index is 2020. The summed E-state index contributed by atoms with van der Waals surface area (Å²) in [5.74, 6) is 3.81. The highest BCUT2D eigenvalue weighted by molar-refractivity contribution is 5.97. The van der Waals surface area contributed by atoms with Gasteiger partial charge in [0.15, 0.2) is 11.5 Å². The van der Waals surface area contributed by atoms with Crippen LogP contribution >= 0.6 is 0 Å². The fraction of sp³-hybridized carbons (Fsp3) is 0.500. The molecule has 4 aliphatic heterocycles. The molecular formula is C36H41F4N9O3. The molecule has 12 nitrogen and oxygen atoms in total. The van der Waals surface area contributed by atoms with Gasteiger partial charge in [-0.3, -0.25) is 14.4 Å². The number of aromatic nitrogens is 4. The number of fused-ring (bicyclic) bond motifs is 3. The number of alkyl halides is 3. The zero-order chi connectivity index (χ0) is 37.1. The third-order valence-corrected chi connectivity index (χ3v) is 10.4. The van der Waals surface area contributed by atoms with E-state index in [1.54, 1.807) is 18.8 Å². The van der Waals surface area contributed by atoms with Crippen LogP contribution in [0.3, 0.4) is 0 Å². The number of nitrogens with two attached hydrogens (primary N) is 2. The summed E-state index contributed by atoms with van der Waals surface area (Å²) in [6.07, 6.45) is -3.21. The van der Waals surface area contributed by atoms with Crippen LogP contribution in [0.15, 0.2) is 18.2 Å². The number of rotatable bonds is 6. The molecule has 4 N–H and O–H groups in total. The van der Waals surface area contributed by atoms with Gasteiger partial charge in [0.05, 0.1) is 53.1 Å². The van der Waals surface area contributed by atoms with Crippen molar-refractivity contribution >= 4 is 23.1 Å². The molecule has 6 heterocycles. The van der Waals surface area contributed by atoms with Gasteiger partial charge in [0, 0.05) is 56.8 Å². The van der Waals surface area contributed by atoms with Crippen molar-refractivity contribution in [2.75, 3.05) is 56.7 Å². The zero-order valence-electron chi connectivity index (χ0n) is 29.4. The molecule has 52 heavy (non-hydrogen) atoms. The molecule has 0 saturated carbocycles. The highest BCUT2D eigenvalue weighted by atomic mass is 19.4. The molecule has 2 saturated heterocycles. The maximum atomic E-state index is 15.7. The van der Waals surface area contributed by atoms with Crippen LogP contribution in [0.4, 0.5) is 34.8 Å². The van der Waals surface area contributed by atoms with Crippen LogP contribution in [0, 0.1) is 17.7 Å². The van der Waals surface area contributed by atoms with Crippen molar-refractivity contribution in [1.82, 2.24) is 29.5 Å². The van der Waals surface area contributed by atoms with Crippen molar-refractivity contribution in [3.63, 3.8) is 0 Å². The van der Waals surface area contributed by atoms with Gasteiger partial charge in [0.1, 0.15) is 12.4 Å². The Morgan fingerprint density at radius 2 is 1.98 bits per heavy atom. The maximum Gasteiger partial charge on any atom is 0.418 e. The van der Waals surface area contributed by atoms with Crippen molar-refractivity contribution in [2.24, 2.45) is 0 Å². The van der Waals surface area contributed by atoms with Gasteiger partial charge in [-0.2, -0.15) is 28.2 Å². The molecule has 2 aromatic heterocycles. The second-order valence-electron chi connectivity index (χ2n) is 14.1. The smallest absolute Gasteiger partial charge is 0.418 e. The lowest BCUT2D eigenvalue weighted by Crippen LogP contribution is -2.43. The summed E-state index contributed by atoms with van der Waals surface area (Å²) in [7, 11) is 3.25. The molecule has 0 bridgehead atoms. The molecule has 7 rings (SSSR count). The van der Waals surface area contributed by atoms with Crippen molar-refractivity contribution in [3.8, 4) is 17.9 Å². The summed E-state index contributed by atoms with van der Waals surface area (Å²) in [5, 5.41) is 4.51. The number of nitrogen functional groups attached to an aromatic ring is 2. The van der Waals surface area contributed by atoms with E-state index in [-0.39, 0.29) is 48.4 Å². The lowest BCUT2D eigenvalue weighted by Gasteiger charge is -2.33. The first-order valence-electron chi connectivity index (χ1n) is 17.2. The number of carbonyl (C=O) groups excluding carboxylic acids is 1. The van der Waals surface area contributed by atoms with Crippen LogP contribution < -0.4 is 21.1 Å². The Hall–Kier alpha value is -4.88. The first-order chi connectivity index (χ1) is 24.7. The van der Waals surface area contributed by atoms with Crippen LogP contribution in [0.25, 0.3) is 0 Å². The number of ether oxygens (including phenoxy) is 2. The van der Waals surface area contributed by atoms with Crippen LogP contribution in [-0.4, -0.2) is 81.3 Å². The first kappa shape index (κ1) is 35.5. The van der Waals surface area contributed by atoms with Gasteiger partial charge in [-0.15, -0.1) is 5.92 Å². The molecule has 0 spiro atoms. The number of anilines is 3. The second kappa shape index (κ2) is 13.3. The Kier molecular flexibility index (Phi) is 9.06. The monoisotopic (exact) mass is 723 g/mol. The molecule has 1 aromatic carbocycles. The molecule has 4 aliphatic rings. The minimum Gasteiger partial charge on any atom is -0.461 e. The summed E-state index contributed by atoms with van der Waals surface area (Å²) in [4.78, 5) is 28.2. The maximum absolute atomic E-state index is 15.7. The lowest BCUT2D eigenvalue weighted by atomic mass is 9.91. The average Bonchev–Trinajstić information content (AvgIpc) is 3.66. The number of hydrogen-bond acceptors (Lipinski definition) is 10. The van der Waals surface area contributed by atoms with Gasteiger partial charge in [-0.25, -0.2) is 4.39 Å². The molecular weight excluding hydrogens is 682 g/mol. The summed E-state index contributed by atoms with van der Waals surface area (Å²) in [6.45, 7) is 8.61. The van der Waals surface area contributed by atoms with Crippen molar-refractivity contribution in [3.05, 3.63) is 63.4 Å². The van der Waals surface area contributed by atoms with Crippen molar-refractivity contribution < 1.29 is 31.8 Å². The Morgan fingerprint density at radius 3 is 2.71 bits per heavy atom. The number of amides is 1. The van der Waals surface area contributed by atoms with Gasteiger partial charge in [0.2, 0.25) is 0 Å². The Balaban J connectivity index is 1.30. The van der Waals surface area contributed by atoms with Crippen molar-refractivity contribution in [1.29, 1.82) is 0 Å². The molecule has 2 atom stereocenters. The molecule has 0 aliphatic carbocycles. The molecule has 3 aromatic rings. The third kappa shape index (κ3) is 6.19. The van der Waals surface area contributed by atoms with Crippen LogP contribution in [-0.2, 0) is 37.0 Å². The van der Waals surface area contributed by atoms with E-state index in [0.717, 1.165) is 44.0 Å². The van der Waals surface area contributed by atoms with Gasteiger partial charge < -0.3 is 30.7 Å². The van der Waals surface area contributed by atoms with Gasteiger partial charge in [-0.05, 0) is 45.2 Å². The van der Waals surface area contributed by atoms with E-state index in [9.17, 15) is 18.0 Å². The van der Waals surface area contributed by atoms with E-state index < -0.39 is 40.5 Å². The second-order valence-corrected chi connectivity index (χ2v) is 14.1. The van der Waals surface area contributed by atoms with E-state index in [1.165, 1.54) is 11.8 Å². The van der Waals surface area contributed by atoms with Gasteiger partial charge >= 0.3 is 12.2 Å². The lowest BCUT2D eigenvalue weighted by molar-refractivity contribution is -0.140.